The highest BCUT2D eigenvalue weighted by Gasteiger charge is 2.42. The summed E-state index contributed by atoms with van der Waals surface area (Å²) >= 11 is 1.73. The Kier molecular flexibility index (Phi) is 5.30. The maximum Gasteiger partial charge on any atom is 0.110 e. The van der Waals surface area contributed by atoms with E-state index in [0.29, 0.717) is 0 Å². The van der Waals surface area contributed by atoms with Crippen molar-refractivity contribution in [2.75, 3.05) is 6.61 Å². The van der Waals surface area contributed by atoms with E-state index in [0.717, 1.165) is 12.0 Å². The van der Waals surface area contributed by atoms with Crippen LogP contribution in [-0.2, 0) is 11.2 Å². The molecule has 0 saturated carbocycles. The summed E-state index contributed by atoms with van der Waals surface area (Å²) in [5.74, 6) is -0.267. The summed E-state index contributed by atoms with van der Waals surface area (Å²) in [6, 6.07) is 16.6. The Hall–Kier alpha value is -1.76. The minimum Gasteiger partial charge on any atom is -0.394 e. The van der Waals surface area contributed by atoms with Crippen molar-refractivity contribution in [3.63, 3.8) is 0 Å². The Morgan fingerprint density at radius 1 is 1.04 bits per heavy atom. The van der Waals surface area contributed by atoms with Crippen LogP contribution in [0.5, 0.6) is 0 Å². The lowest BCUT2D eigenvalue weighted by atomic mass is 9.84. The topological polar surface area (TPSA) is 69.9 Å². The van der Waals surface area contributed by atoms with Gasteiger partial charge in [0.2, 0.25) is 0 Å². The number of hydrogen-bond acceptors (Lipinski definition) is 5. The molecule has 3 N–H and O–H groups in total. The van der Waals surface area contributed by atoms with Gasteiger partial charge in [-0.2, -0.15) is 0 Å². The van der Waals surface area contributed by atoms with E-state index in [2.05, 4.69) is 41.8 Å². The number of hydrogen-bond donors (Lipinski definition) is 3. The van der Waals surface area contributed by atoms with Crippen LogP contribution in [0.4, 0.5) is 0 Å². The van der Waals surface area contributed by atoms with Gasteiger partial charge in [-0.15, -0.1) is 11.3 Å². The second-order valence-electron chi connectivity index (χ2n) is 7.30. The maximum atomic E-state index is 10.4. The second-order valence-corrected chi connectivity index (χ2v) is 8.21. The zero-order valence-corrected chi connectivity index (χ0v) is 16.0. The minimum absolute atomic E-state index is 0.267. The highest BCUT2D eigenvalue weighted by Crippen LogP contribution is 2.39. The van der Waals surface area contributed by atoms with Crippen LogP contribution >= 0.6 is 11.3 Å². The number of rotatable bonds is 4. The van der Waals surface area contributed by atoms with Crippen molar-refractivity contribution in [3.05, 3.63) is 70.6 Å². The van der Waals surface area contributed by atoms with Gasteiger partial charge in [0, 0.05) is 10.6 Å². The lowest BCUT2D eigenvalue weighted by Crippen LogP contribution is -2.51. The SMILES string of the molecule is C[C@@H]1[C@@H](O)[C@H](O)C(CO)O[C@H]1c1ccc2scc(Cc3ccccc3)c2c1. The average Bonchev–Trinajstić information content (AvgIpc) is 3.09. The van der Waals surface area contributed by atoms with Crippen LogP contribution in [0.1, 0.15) is 29.7 Å². The smallest absolute Gasteiger partial charge is 0.110 e. The zero-order chi connectivity index (χ0) is 19.0. The normalized spacial score (nSPS) is 28.5. The lowest BCUT2D eigenvalue weighted by Gasteiger charge is -2.41. The number of aliphatic hydroxyl groups excluding tert-OH is 3. The average molecular weight is 384 g/mol. The molecule has 0 aliphatic carbocycles. The van der Waals surface area contributed by atoms with Crippen molar-refractivity contribution in [1.82, 2.24) is 0 Å². The zero-order valence-electron chi connectivity index (χ0n) is 15.2. The van der Waals surface area contributed by atoms with Gasteiger partial charge in [0.1, 0.15) is 12.2 Å². The van der Waals surface area contributed by atoms with Gasteiger partial charge in [-0.25, -0.2) is 0 Å². The Bertz CT molecular complexity index is 905. The first kappa shape index (κ1) is 18.6. The Labute approximate surface area is 162 Å². The van der Waals surface area contributed by atoms with Gasteiger partial charge in [0.25, 0.3) is 0 Å². The largest absolute Gasteiger partial charge is 0.394 e. The number of benzene rings is 2. The fourth-order valence-electron chi connectivity index (χ4n) is 3.86. The van der Waals surface area contributed by atoms with Crippen molar-refractivity contribution in [3.8, 4) is 0 Å². The molecule has 2 heterocycles. The quantitative estimate of drug-likeness (QED) is 0.646. The van der Waals surface area contributed by atoms with Gasteiger partial charge in [0.15, 0.2) is 0 Å². The van der Waals surface area contributed by atoms with E-state index < -0.39 is 18.3 Å². The van der Waals surface area contributed by atoms with E-state index in [1.54, 1.807) is 11.3 Å². The second kappa shape index (κ2) is 7.70. The number of aliphatic hydroxyl groups is 3. The first-order valence-corrected chi connectivity index (χ1v) is 10.1. The first-order valence-electron chi connectivity index (χ1n) is 9.25. The number of fused-ring (bicyclic) bond motifs is 1. The maximum absolute atomic E-state index is 10.4. The van der Waals surface area contributed by atoms with Crippen molar-refractivity contribution in [2.24, 2.45) is 5.92 Å². The van der Waals surface area contributed by atoms with Crippen molar-refractivity contribution < 1.29 is 20.1 Å². The molecular weight excluding hydrogens is 360 g/mol. The number of thiophene rings is 1. The van der Waals surface area contributed by atoms with Gasteiger partial charge in [-0.3, -0.25) is 0 Å². The summed E-state index contributed by atoms with van der Waals surface area (Å²) in [6.45, 7) is 1.55. The van der Waals surface area contributed by atoms with Crippen LogP contribution in [-0.4, -0.2) is 40.2 Å². The third-order valence-electron chi connectivity index (χ3n) is 5.49. The molecule has 27 heavy (non-hydrogen) atoms. The summed E-state index contributed by atoms with van der Waals surface area (Å²) in [6.07, 6.45) is -2.27. The van der Waals surface area contributed by atoms with Gasteiger partial charge < -0.3 is 20.1 Å². The highest BCUT2D eigenvalue weighted by molar-refractivity contribution is 7.17. The third-order valence-corrected chi connectivity index (χ3v) is 6.50. The fraction of sp³-hybridized carbons (Fsp3) is 0.364. The van der Waals surface area contributed by atoms with Gasteiger partial charge in [-0.05, 0) is 46.0 Å². The molecule has 0 radical (unpaired) electrons. The molecule has 0 amide bonds. The molecule has 4 rings (SSSR count). The molecule has 4 nitrogen and oxygen atoms in total. The summed E-state index contributed by atoms with van der Waals surface area (Å²) in [4.78, 5) is 0. The van der Waals surface area contributed by atoms with Gasteiger partial charge >= 0.3 is 0 Å². The summed E-state index contributed by atoms with van der Waals surface area (Å²) in [5, 5.41) is 33.3. The van der Waals surface area contributed by atoms with Gasteiger partial charge in [0.05, 0.1) is 18.8 Å². The molecule has 2 aromatic carbocycles. The Balaban J connectivity index is 1.67. The predicted molar refractivity (Wildman–Crippen MR) is 107 cm³/mol. The molecule has 5 heteroatoms. The lowest BCUT2D eigenvalue weighted by molar-refractivity contribution is -0.207. The minimum atomic E-state index is -1.07. The predicted octanol–water partition coefficient (Wildman–Crippen LogP) is 3.28. The summed E-state index contributed by atoms with van der Waals surface area (Å²) in [7, 11) is 0. The van der Waals surface area contributed by atoms with E-state index in [4.69, 9.17) is 4.74 Å². The fourth-order valence-corrected chi connectivity index (χ4v) is 4.81. The van der Waals surface area contributed by atoms with Crippen LogP contribution in [0.3, 0.4) is 0 Å². The molecule has 5 atom stereocenters. The van der Waals surface area contributed by atoms with E-state index in [1.807, 2.05) is 19.1 Å². The molecule has 3 aromatic rings. The molecule has 1 aromatic heterocycles. The molecule has 142 valence electrons. The van der Waals surface area contributed by atoms with Gasteiger partial charge in [-0.1, -0.05) is 43.3 Å². The van der Waals surface area contributed by atoms with Crippen LogP contribution in [0, 0.1) is 5.92 Å². The van der Waals surface area contributed by atoms with E-state index in [1.165, 1.54) is 21.2 Å². The molecule has 1 aliphatic rings. The Morgan fingerprint density at radius 2 is 1.81 bits per heavy atom. The molecule has 1 fully saturated rings. The van der Waals surface area contributed by atoms with Crippen molar-refractivity contribution in [2.45, 2.75) is 37.8 Å². The molecule has 1 saturated heterocycles. The standard InChI is InChI=1S/C22H24O4S/c1-13-20(24)21(25)18(11-23)26-22(13)15-7-8-19-17(10-15)16(12-27-19)9-14-5-3-2-4-6-14/h2-8,10,12-13,18,20-25H,9,11H2,1H3/t13-,18?,20-,21-,22-/m1/s1. The van der Waals surface area contributed by atoms with Crippen molar-refractivity contribution in [1.29, 1.82) is 0 Å². The summed E-state index contributed by atoms with van der Waals surface area (Å²) in [5.41, 5.74) is 3.50. The van der Waals surface area contributed by atoms with Crippen LogP contribution in [0.15, 0.2) is 53.9 Å². The van der Waals surface area contributed by atoms with Crippen molar-refractivity contribution >= 4 is 21.4 Å². The molecule has 1 unspecified atom stereocenters. The molecular formula is C22H24O4S. The van der Waals surface area contributed by atoms with Crippen LogP contribution in [0.25, 0.3) is 10.1 Å². The monoisotopic (exact) mass is 384 g/mol. The molecule has 0 spiro atoms. The van der Waals surface area contributed by atoms with Crippen LogP contribution in [0.2, 0.25) is 0 Å². The molecule has 0 bridgehead atoms. The third kappa shape index (κ3) is 3.53. The van der Waals surface area contributed by atoms with E-state index in [-0.39, 0.29) is 18.6 Å². The number of ether oxygens (including phenoxy) is 1. The molecule has 1 aliphatic heterocycles. The first-order chi connectivity index (χ1) is 13.1. The van der Waals surface area contributed by atoms with E-state index in [9.17, 15) is 15.3 Å². The summed E-state index contributed by atoms with van der Waals surface area (Å²) < 4.78 is 7.16. The Morgan fingerprint density at radius 3 is 2.56 bits per heavy atom. The van der Waals surface area contributed by atoms with E-state index >= 15 is 0 Å². The highest BCUT2D eigenvalue weighted by atomic mass is 32.1. The van der Waals surface area contributed by atoms with Crippen LogP contribution < -0.4 is 0 Å².